The van der Waals surface area contributed by atoms with Crippen LogP contribution in [0.4, 0.5) is 0 Å². The van der Waals surface area contributed by atoms with E-state index in [1.807, 2.05) is 42.5 Å². The van der Waals surface area contributed by atoms with Gasteiger partial charge in [-0.1, -0.05) is 65.6 Å². The summed E-state index contributed by atoms with van der Waals surface area (Å²) >= 11 is 0. The fourth-order valence-electron chi connectivity index (χ4n) is 5.36. The molecule has 0 amide bonds. The summed E-state index contributed by atoms with van der Waals surface area (Å²) in [5.41, 5.74) is 8.93. The summed E-state index contributed by atoms with van der Waals surface area (Å²) in [6.07, 6.45) is 3.52. The molecule has 41 heavy (non-hydrogen) atoms. The average Bonchev–Trinajstić information content (AvgIpc) is 3.74. The van der Waals surface area contributed by atoms with Gasteiger partial charge in [-0.05, 0) is 76.2 Å². The van der Waals surface area contributed by atoms with Gasteiger partial charge in [0.15, 0.2) is 0 Å². The molecule has 0 bridgehead atoms. The Labute approximate surface area is 257 Å². The van der Waals surface area contributed by atoms with Crippen molar-refractivity contribution in [2.45, 2.75) is 40.3 Å². The first-order chi connectivity index (χ1) is 19.4. The van der Waals surface area contributed by atoms with Crippen LogP contribution in [0, 0.1) is 27.7 Å². The van der Waals surface area contributed by atoms with Crippen molar-refractivity contribution in [2.24, 2.45) is 0 Å². The van der Waals surface area contributed by atoms with Crippen LogP contribution in [0.5, 0.6) is 0 Å². The Bertz CT molecular complexity index is 1470. The maximum Gasteiger partial charge on any atom is 2.00 e. The zero-order valence-electron chi connectivity index (χ0n) is 24.2. The van der Waals surface area contributed by atoms with Gasteiger partial charge < -0.3 is 8.83 Å². The smallest absolute Gasteiger partial charge is 0.464 e. The minimum Gasteiger partial charge on any atom is -0.464 e. The predicted octanol–water partition coefficient (Wildman–Crippen LogP) is 8.18. The van der Waals surface area contributed by atoms with Gasteiger partial charge in [0.05, 0.1) is 12.5 Å². The molecule has 6 rings (SSSR count). The Morgan fingerprint density at radius 3 is 1.54 bits per heavy atom. The SMILES string of the molecule is Cc1cc(C)cc(P(c2cc(C)cc(C)c2)[C@H](C)[c-]2cccc2P(c2ccco2)c2ccco2)c1.[Fe+2].c1cc[cH-]c1. The van der Waals surface area contributed by atoms with E-state index in [1.54, 1.807) is 12.5 Å². The molecule has 0 aliphatic carbocycles. The van der Waals surface area contributed by atoms with E-state index >= 15 is 0 Å². The van der Waals surface area contributed by atoms with Gasteiger partial charge in [0, 0.05) is 7.92 Å². The summed E-state index contributed by atoms with van der Waals surface area (Å²) in [5, 5.41) is 4.18. The Morgan fingerprint density at radius 2 is 1.15 bits per heavy atom. The van der Waals surface area contributed by atoms with E-state index in [1.165, 1.54) is 43.7 Å². The molecule has 0 saturated heterocycles. The molecule has 0 aliphatic heterocycles. The fourth-order valence-corrected chi connectivity index (χ4v) is 10.8. The molecule has 210 valence electrons. The van der Waals surface area contributed by atoms with Crippen molar-refractivity contribution >= 4 is 42.8 Å². The van der Waals surface area contributed by atoms with Crippen LogP contribution in [-0.2, 0) is 17.1 Å². The second-order valence-electron chi connectivity index (χ2n) is 10.3. The van der Waals surface area contributed by atoms with Crippen LogP contribution in [0.1, 0.15) is 40.4 Å². The number of furan rings is 2. The van der Waals surface area contributed by atoms with Gasteiger partial charge >= 0.3 is 17.1 Å². The van der Waals surface area contributed by atoms with E-state index in [-0.39, 0.29) is 17.1 Å². The van der Waals surface area contributed by atoms with E-state index in [9.17, 15) is 0 Å². The standard InChI is InChI=1S/C31H31O2P2.C5H5.Fe/c1-21-15-22(2)18-26(17-21)34(27-19-23(3)16-24(4)20-27)25(5)28-9-6-10-29(28)35(30-11-7-13-32-30)31-12-8-14-33-31;1-2-4-5-3-1;/h6-20,25H,1-5H3;1-5H;/q2*-1;+2/t25-;;/m1../s1. The molecule has 1 atom stereocenters. The van der Waals surface area contributed by atoms with Crippen molar-refractivity contribution < 1.29 is 25.9 Å². The molecule has 2 nitrogen and oxygen atoms in total. The normalized spacial score (nSPS) is 11.7. The molecule has 5 heteroatoms. The number of hydrogen-bond acceptors (Lipinski definition) is 2. The second kappa shape index (κ2) is 14.3. The quantitative estimate of drug-likeness (QED) is 0.103. The maximum atomic E-state index is 5.94. The van der Waals surface area contributed by atoms with Crippen molar-refractivity contribution in [2.75, 3.05) is 0 Å². The Balaban J connectivity index is 0.000000584. The Morgan fingerprint density at radius 1 is 0.659 bits per heavy atom. The van der Waals surface area contributed by atoms with E-state index < -0.39 is 15.8 Å². The largest absolute Gasteiger partial charge is 2.00 e. The summed E-state index contributed by atoms with van der Waals surface area (Å²) in [7, 11) is -1.53. The molecule has 0 radical (unpaired) electrons. The van der Waals surface area contributed by atoms with E-state index in [2.05, 4.69) is 101 Å². The van der Waals surface area contributed by atoms with Gasteiger partial charge in [0.1, 0.15) is 11.0 Å². The third-order valence-corrected chi connectivity index (χ3v) is 11.8. The molecule has 0 spiro atoms. The average molecular weight is 618 g/mol. The van der Waals surface area contributed by atoms with Crippen LogP contribution in [0.15, 0.2) is 131 Å². The molecule has 0 saturated carbocycles. The van der Waals surface area contributed by atoms with Gasteiger partial charge in [-0.2, -0.15) is 24.3 Å². The van der Waals surface area contributed by atoms with Crippen molar-refractivity contribution in [3.05, 3.63) is 150 Å². The van der Waals surface area contributed by atoms with Crippen molar-refractivity contribution in [1.82, 2.24) is 0 Å². The third-order valence-electron chi connectivity index (χ3n) is 6.88. The molecular formula is C36H36FeO2P2. The minimum absolute atomic E-state index is 0. The van der Waals surface area contributed by atoms with Crippen LogP contribution in [0.25, 0.3) is 0 Å². The molecule has 0 fully saturated rings. The Hall–Kier alpha value is -2.92. The summed E-state index contributed by atoms with van der Waals surface area (Å²) in [6.45, 7) is 11.2. The van der Waals surface area contributed by atoms with Gasteiger partial charge in [-0.3, -0.25) is 0 Å². The number of aryl methyl sites for hydroxylation is 4. The van der Waals surface area contributed by atoms with Crippen molar-refractivity contribution in [3.63, 3.8) is 0 Å². The van der Waals surface area contributed by atoms with E-state index in [4.69, 9.17) is 8.83 Å². The van der Waals surface area contributed by atoms with E-state index in [0.29, 0.717) is 5.66 Å². The van der Waals surface area contributed by atoms with Gasteiger partial charge in [0.2, 0.25) is 0 Å². The molecular weight excluding hydrogens is 582 g/mol. The molecule has 6 aromatic rings. The van der Waals surface area contributed by atoms with Gasteiger partial charge in [-0.15, -0.1) is 10.9 Å². The summed E-state index contributed by atoms with van der Waals surface area (Å²) < 4.78 is 11.9. The zero-order valence-corrected chi connectivity index (χ0v) is 27.1. The molecule has 2 heterocycles. The first-order valence-electron chi connectivity index (χ1n) is 13.7. The molecule has 0 aliphatic rings. The predicted molar refractivity (Wildman–Crippen MR) is 174 cm³/mol. The first-order valence-corrected chi connectivity index (χ1v) is 16.4. The topological polar surface area (TPSA) is 26.3 Å². The maximum absolute atomic E-state index is 5.94. The fraction of sp³-hybridized carbons (Fsp3) is 0.167. The first kappa shape index (κ1) is 31.0. The van der Waals surface area contributed by atoms with Crippen molar-refractivity contribution in [3.8, 4) is 0 Å². The van der Waals surface area contributed by atoms with E-state index in [0.717, 1.165) is 11.0 Å². The van der Waals surface area contributed by atoms with Gasteiger partial charge in [-0.25, -0.2) is 24.3 Å². The summed E-state index contributed by atoms with van der Waals surface area (Å²) in [6, 6.07) is 38.9. The van der Waals surface area contributed by atoms with Gasteiger partial charge in [0.25, 0.3) is 0 Å². The Kier molecular flexibility index (Phi) is 10.8. The molecule has 0 N–H and O–H groups in total. The molecule has 0 unspecified atom stereocenters. The van der Waals surface area contributed by atoms with Crippen LogP contribution in [0.3, 0.4) is 0 Å². The third kappa shape index (κ3) is 7.48. The monoisotopic (exact) mass is 618 g/mol. The van der Waals surface area contributed by atoms with Crippen molar-refractivity contribution in [1.29, 1.82) is 0 Å². The number of rotatable bonds is 7. The van der Waals surface area contributed by atoms with Crippen LogP contribution in [0.2, 0.25) is 0 Å². The van der Waals surface area contributed by atoms with Crippen LogP contribution in [-0.4, -0.2) is 0 Å². The molecule has 2 aromatic heterocycles. The number of benzene rings is 2. The van der Waals surface area contributed by atoms with Crippen LogP contribution < -0.4 is 26.9 Å². The zero-order chi connectivity index (χ0) is 28.1. The molecule has 4 aromatic carbocycles. The second-order valence-corrected chi connectivity index (χ2v) is 14.9. The summed E-state index contributed by atoms with van der Waals surface area (Å²) in [4.78, 5) is 0. The van der Waals surface area contributed by atoms with Crippen LogP contribution >= 0.6 is 15.8 Å². The summed E-state index contributed by atoms with van der Waals surface area (Å²) in [5.74, 6) is 0. The number of hydrogen-bond donors (Lipinski definition) is 0. The minimum atomic E-state index is -0.899.